The molecule has 0 saturated heterocycles. The van der Waals surface area contributed by atoms with Crippen molar-refractivity contribution in [3.63, 3.8) is 0 Å². The van der Waals surface area contributed by atoms with Crippen LogP contribution in [-0.2, 0) is 17.9 Å². The van der Waals surface area contributed by atoms with Crippen LogP contribution in [-0.4, -0.2) is 28.0 Å². The zero-order valence-corrected chi connectivity index (χ0v) is 16.3. The van der Waals surface area contributed by atoms with Crippen LogP contribution in [0.4, 0.5) is 0 Å². The summed E-state index contributed by atoms with van der Waals surface area (Å²) in [5.41, 5.74) is 2.44. The average Bonchev–Trinajstić information content (AvgIpc) is 3.08. The topological polar surface area (TPSA) is 69.0 Å². The molecule has 1 aromatic heterocycles. The lowest BCUT2D eigenvalue weighted by atomic mass is 10.2. The van der Waals surface area contributed by atoms with E-state index in [9.17, 15) is 4.79 Å². The number of carbonyl (C=O) groups excluding carboxylic acids is 1. The van der Waals surface area contributed by atoms with Gasteiger partial charge in [-0.15, -0.1) is 5.10 Å². The molecule has 8 heteroatoms. The molecule has 0 aliphatic rings. The summed E-state index contributed by atoms with van der Waals surface area (Å²) in [6, 6.07) is 13.0. The van der Waals surface area contributed by atoms with Crippen LogP contribution in [0.3, 0.4) is 0 Å². The summed E-state index contributed by atoms with van der Waals surface area (Å²) < 4.78 is 7.73. The smallest absolute Gasteiger partial charge is 0.242 e. The second-order valence-corrected chi connectivity index (χ2v) is 6.90. The van der Waals surface area contributed by atoms with E-state index in [-0.39, 0.29) is 12.5 Å². The van der Waals surface area contributed by atoms with Crippen molar-refractivity contribution < 1.29 is 9.53 Å². The van der Waals surface area contributed by atoms with Crippen LogP contribution >= 0.6 is 27.5 Å². The van der Waals surface area contributed by atoms with Crippen LogP contribution < -0.4 is 10.1 Å². The fourth-order valence-electron chi connectivity index (χ4n) is 2.44. The van der Waals surface area contributed by atoms with Crippen LogP contribution in [0, 0.1) is 0 Å². The number of nitrogens with one attached hydrogen (secondary N) is 1. The predicted molar refractivity (Wildman–Crippen MR) is 103 cm³/mol. The molecule has 1 heterocycles. The minimum Gasteiger partial charge on any atom is -0.496 e. The first-order chi connectivity index (χ1) is 12.5. The number of aromatic nitrogens is 3. The molecule has 0 saturated carbocycles. The predicted octanol–water partition coefficient (Wildman–Crippen LogP) is 3.69. The Hall–Kier alpha value is -2.38. The van der Waals surface area contributed by atoms with Crippen LogP contribution in [0.1, 0.15) is 5.56 Å². The highest BCUT2D eigenvalue weighted by molar-refractivity contribution is 9.10. The molecule has 0 spiro atoms. The van der Waals surface area contributed by atoms with Crippen molar-refractivity contribution in [2.45, 2.75) is 13.1 Å². The van der Waals surface area contributed by atoms with Gasteiger partial charge in [-0.05, 0) is 30.3 Å². The Morgan fingerprint density at radius 2 is 2.15 bits per heavy atom. The van der Waals surface area contributed by atoms with Gasteiger partial charge in [-0.25, -0.2) is 4.68 Å². The quantitative estimate of drug-likeness (QED) is 0.641. The summed E-state index contributed by atoms with van der Waals surface area (Å²) in [7, 11) is 1.58. The van der Waals surface area contributed by atoms with Gasteiger partial charge in [0.05, 0.1) is 13.3 Å². The third-order valence-electron chi connectivity index (χ3n) is 3.68. The first-order valence-corrected chi connectivity index (χ1v) is 8.97. The number of hydrogen-bond acceptors (Lipinski definition) is 4. The van der Waals surface area contributed by atoms with Crippen LogP contribution in [0.2, 0.25) is 5.02 Å². The largest absolute Gasteiger partial charge is 0.496 e. The zero-order chi connectivity index (χ0) is 18.5. The number of halogens is 2. The Morgan fingerprint density at radius 1 is 1.31 bits per heavy atom. The van der Waals surface area contributed by atoms with E-state index in [1.165, 1.54) is 4.68 Å². The maximum Gasteiger partial charge on any atom is 0.242 e. The van der Waals surface area contributed by atoms with Crippen molar-refractivity contribution in [2.24, 2.45) is 0 Å². The molecule has 0 aliphatic carbocycles. The third kappa shape index (κ3) is 4.62. The minimum atomic E-state index is -0.183. The SMILES string of the molecule is COc1ccc(Cl)cc1CNC(=O)Cn1cc(-c2cccc(Br)c2)nn1. The van der Waals surface area contributed by atoms with Gasteiger partial charge in [-0.1, -0.05) is 44.9 Å². The molecule has 0 atom stereocenters. The molecule has 6 nitrogen and oxygen atoms in total. The Balaban J connectivity index is 1.62. The fourth-order valence-corrected chi connectivity index (χ4v) is 3.03. The number of rotatable bonds is 6. The summed E-state index contributed by atoms with van der Waals surface area (Å²) in [4.78, 5) is 12.2. The molecule has 3 aromatic rings. The summed E-state index contributed by atoms with van der Waals surface area (Å²) in [6.07, 6.45) is 1.74. The molecule has 1 amide bonds. The number of benzene rings is 2. The summed E-state index contributed by atoms with van der Waals surface area (Å²) >= 11 is 9.42. The van der Waals surface area contributed by atoms with Crippen molar-refractivity contribution in [1.29, 1.82) is 0 Å². The summed E-state index contributed by atoms with van der Waals surface area (Å²) in [5.74, 6) is 0.491. The van der Waals surface area contributed by atoms with Crippen molar-refractivity contribution in [3.05, 3.63) is 63.7 Å². The number of hydrogen-bond donors (Lipinski definition) is 1. The van der Waals surface area contributed by atoms with Gasteiger partial charge in [-0.3, -0.25) is 4.79 Å². The number of ether oxygens (including phenoxy) is 1. The Kier molecular flexibility index (Phi) is 5.90. The summed E-state index contributed by atoms with van der Waals surface area (Å²) in [5, 5.41) is 11.5. The van der Waals surface area contributed by atoms with Crippen molar-refractivity contribution in [1.82, 2.24) is 20.3 Å². The molecule has 2 aromatic carbocycles. The molecule has 0 radical (unpaired) electrons. The van der Waals surface area contributed by atoms with Gasteiger partial charge in [0, 0.05) is 27.2 Å². The molecule has 0 bridgehead atoms. The fraction of sp³-hybridized carbons (Fsp3) is 0.167. The molecule has 134 valence electrons. The molecule has 1 N–H and O–H groups in total. The minimum absolute atomic E-state index is 0.0733. The van der Waals surface area contributed by atoms with E-state index in [1.54, 1.807) is 31.5 Å². The van der Waals surface area contributed by atoms with E-state index in [0.717, 1.165) is 15.6 Å². The normalized spacial score (nSPS) is 10.6. The number of amides is 1. The van der Waals surface area contributed by atoms with Crippen molar-refractivity contribution in [3.8, 4) is 17.0 Å². The van der Waals surface area contributed by atoms with E-state index in [4.69, 9.17) is 16.3 Å². The Morgan fingerprint density at radius 3 is 2.92 bits per heavy atom. The molecule has 26 heavy (non-hydrogen) atoms. The molecule has 3 rings (SSSR count). The van der Waals surface area contributed by atoms with E-state index in [2.05, 4.69) is 31.6 Å². The van der Waals surface area contributed by atoms with Crippen LogP contribution in [0.5, 0.6) is 5.75 Å². The van der Waals surface area contributed by atoms with E-state index in [0.29, 0.717) is 23.0 Å². The summed E-state index contributed by atoms with van der Waals surface area (Å²) in [6.45, 7) is 0.389. The number of methoxy groups -OCH3 is 1. The third-order valence-corrected chi connectivity index (χ3v) is 4.41. The van der Waals surface area contributed by atoms with Crippen molar-refractivity contribution in [2.75, 3.05) is 7.11 Å². The average molecular weight is 436 g/mol. The maximum absolute atomic E-state index is 12.2. The van der Waals surface area contributed by atoms with Gasteiger partial charge < -0.3 is 10.1 Å². The Bertz CT molecular complexity index is 929. The highest BCUT2D eigenvalue weighted by Crippen LogP contribution is 2.22. The van der Waals surface area contributed by atoms with Gasteiger partial charge in [-0.2, -0.15) is 0 Å². The highest BCUT2D eigenvalue weighted by atomic mass is 79.9. The van der Waals surface area contributed by atoms with Gasteiger partial charge in [0.25, 0.3) is 0 Å². The number of nitrogens with zero attached hydrogens (tertiary/aromatic N) is 3. The lowest BCUT2D eigenvalue weighted by molar-refractivity contribution is -0.122. The second-order valence-electron chi connectivity index (χ2n) is 5.54. The lowest BCUT2D eigenvalue weighted by Crippen LogP contribution is -2.27. The van der Waals surface area contributed by atoms with Crippen molar-refractivity contribution >= 4 is 33.4 Å². The molecular formula is C18H16BrClN4O2. The standard InChI is InChI=1S/C18H16BrClN4O2/c1-26-17-6-5-15(20)8-13(17)9-21-18(25)11-24-10-16(22-23-24)12-3-2-4-14(19)7-12/h2-8,10H,9,11H2,1H3,(H,21,25). The first kappa shape index (κ1) is 18.4. The van der Waals surface area contributed by atoms with E-state index < -0.39 is 0 Å². The highest BCUT2D eigenvalue weighted by Gasteiger charge is 2.10. The second kappa shape index (κ2) is 8.33. The monoisotopic (exact) mass is 434 g/mol. The van der Waals surface area contributed by atoms with Crippen LogP contribution in [0.25, 0.3) is 11.3 Å². The molecular weight excluding hydrogens is 420 g/mol. The van der Waals surface area contributed by atoms with Gasteiger partial charge in [0.1, 0.15) is 18.0 Å². The maximum atomic E-state index is 12.2. The number of carbonyl (C=O) groups is 1. The van der Waals surface area contributed by atoms with Crippen LogP contribution in [0.15, 0.2) is 53.1 Å². The van der Waals surface area contributed by atoms with Gasteiger partial charge in [0.2, 0.25) is 5.91 Å². The zero-order valence-electron chi connectivity index (χ0n) is 13.9. The van der Waals surface area contributed by atoms with Gasteiger partial charge in [0.15, 0.2) is 0 Å². The molecule has 0 unspecified atom stereocenters. The first-order valence-electron chi connectivity index (χ1n) is 7.80. The Labute approximate surface area is 164 Å². The van der Waals surface area contributed by atoms with Gasteiger partial charge >= 0.3 is 0 Å². The molecule has 0 fully saturated rings. The lowest BCUT2D eigenvalue weighted by Gasteiger charge is -2.10. The van der Waals surface area contributed by atoms with E-state index in [1.807, 2.05) is 24.3 Å². The molecule has 0 aliphatic heterocycles. The van der Waals surface area contributed by atoms with E-state index >= 15 is 0 Å².